The first-order chi connectivity index (χ1) is 15.6. The number of para-hydroxylation sites is 1. The van der Waals surface area contributed by atoms with Gasteiger partial charge in [0.2, 0.25) is 0 Å². The van der Waals surface area contributed by atoms with Crippen LogP contribution in [-0.4, -0.2) is 62.8 Å². The number of hydrogen-bond donors (Lipinski definition) is 0. The van der Waals surface area contributed by atoms with Crippen molar-refractivity contribution in [2.75, 3.05) is 26.2 Å². The molecule has 2 amide bonds. The minimum Gasteiger partial charge on any atom is -0.422 e. The van der Waals surface area contributed by atoms with E-state index in [1.165, 1.54) is 0 Å². The Morgan fingerprint density at radius 2 is 1.66 bits per heavy atom. The van der Waals surface area contributed by atoms with Gasteiger partial charge in [-0.25, -0.2) is 9.48 Å². The summed E-state index contributed by atoms with van der Waals surface area (Å²) in [6, 6.07) is 8.80. The van der Waals surface area contributed by atoms with E-state index in [1.807, 2.05) is 17.0 Å². The molecule has 2 saturated heterocycles. The number of carbonyl (C=O) groups is 2. The molecule has 2 aromatic heterocycles. The van der Waals surface area contributed by atoms with Gasteiger partial charge in [-0.3, -0.25) is 9.59 Å². The maximum Gasteiger partial charge on any atom is 0.349 e. The largest absolute Gasteiger partial charge is 0.422 e. The average molecular weight is 435 g/mol. The summed E-state index contributed by atoms with van der Waals surface area (Å²) in [5.41, 5.74) is 0.276. The molecule has 4 heterocycles. The molecule has 1 aromatic carbocycles. The van der Waals surface area contributed by atoms with E-state index in [1.54, 1.807) is 34.0 Å². The van der Waals surface area contributed by atoms with Gasteiger partial charge in [0.25, 0.3) is 11.8 Å². The van der Waals surface area contributed by atoms with Gasteiger partial charge in [-0.2, -0.15) is 0 Å². The first-order valence-corrected chi connectivity index (χ1v) is 11.1. The van der Waals surface area contributed by atoms with Crippen LogP contribution >= 0.6 is 0 Å². The van der Waals surface area contributed by atoms with E-state index in [2.05, 4.69) is 10.3 Å². The summed E-state index contributed by atoms with van der Waals surface area (Å²) < 4.78 is 7.05. The van der Waals surface area contributed by atoms with Crippen LogP contribution in [0.5, 0.6) is 0 Å². The lowest BCUT2D eigenvalue weighted by atomic mass is 10.0. The van der Waals surface area contributed by atoms with Gasteiger partial charge < -0.3 is 14.2 Å². The third-order valence-electron chi connectivity index (χ3n) is 6.37. The number of benzene rings is 1. The van der Waals surface area contributed by atoms with Crippen LogP contribution in [0, 0.1) is 0 Å². The Kier molecular flexibility index (Phi) is 5.46. The Balaban J connectivity index is 1.24. The first-order valence-electron chi connectivity index (χ1n) is 11.1. The molecular weight excluding hydrogens is 410 g/mol. The van der Waals surface area contributed by atoms with Crippen molar-refractivity contribution >= 4 is 22.8 Å². The topological polar surface area (TPSA) is 102 Å². The van der Waals surface area contributed by atoms with E-state index >= 15 is 0 Å². The van der Waals surface area contributed by atoms with Gasteiger partial charge in [0.1, 0.15) is 11.1 Å². The van der Waals surface area contributed by atoms with Gasteiger partial charge in [0.05, 0.1) is 12.2 Å². The van der Waals surface area contributed by atoms with Crippen LogP contribution in [0.3, 0.4) is 0 Å². The van der Waals surface area contributed by atoms with E-state index in [0.29, 0.717) is 37.2 Å². The number of amides is 2. The van der Waals surface area contributed by atoms with Gasteiger partial charge >= 0.3 is 5.63 Å². The van der Waals surface area contributed by atoms with Crippen molar-refractivity contribution < 1.29 is 14.0 Å². The van der Waals surface area contributed by atoms with Crippen LogP contribution in [0.1, 0.15) is 59.0 Å². The van der Waals surface area contributed by atoms with Crippen molar-refractivity contribution in [3.8, 4) is 0 Å². The summed E-state index contributed by atoms with van der Waals surface area (Å²) in [5.74, 6) is -0.380. The monoisotopic (exact) mass is 435 g/mol. The van der Waals surface area contributed by atoms with Crippen LogP contribution < -0.4 is 5.63 Å². The molecule has 0 spiro atoms. The van der Waals surface area contributed by atoms with Crippen molar-refractivity contribution in [1.29, 1.82) is 0 Å². The minimum absolute atomic E-state index is 0.0531. The smallest absolute Gasteiger partial charge is 0.349 e. The van der Waals surface area contributed by atoms with Crippen LogP contribution in [0.15, 0.2) is 45.7 Å². The maximum absolute atomic E-state index is 13.0. The summed E-state index contributed by atoms with van der Waals surface area (Å²) in [6.07, 6.45) is 6.28. The molecule has 9 nitrogen and oxygen atoms in total. The zero-order chi connectivity index (χ0) is 22.1. The van der Waals surface area contributed by atoms with E-state index in [4.69, 9.17) is 4.42 Å². The molecule has 0 atom stereocenters. The second kappa shape index (κ2) is 8.57. The number of aromatic nitrogens is 3. The predicted molar refractivity (Wildman–Crippen MR) is 116 cm³/mol. The molecule has 0 N–H and O–H groups in total. The number of likely N-dealkylation sites (tertiary alicyclic amines) is 2. The van der Waals surface area contributed by atoms with Crippen molar-refractivity contribution in [1.82, 2.24) is 24.8 Å². The molecule has 5 rings (SSSR count). The summed E-state index contributed by atoms with van der Waals surface area (Å²) in [5, 5.41) is 9.00. The lowest BCUT2D eigenvalue weighted by Gasteiger charge is -2.31. The quantitative estimate of drug-likeness (QED) is 0.586. The summed E-state index contributed by atoms with van der Waals surface area (Å²) >= 11 is 0. The highest BCUT2D eigenvalue weighted by Gasteiger charge is 2.28. The molecule has 166 valence electrons. The van der Waals surface area contributed by atoms with Crippen LogP contribution in [0.4, 0.5) is 0 Å². The number of fused-ring (bicyclic) bond motifs is 1. The molecule has 32 heavy (non-hydrogen) atoms. The lowest BCUT2D eigenvalue weighted by molar-refractivity contribution is 0.0684. The van der Waals surface area contributed by atoms with Gasteiger partial charge in [0, 0.05) is 31.6 Å². The second-order valence-electron chi connectivity index (χ2n) is 8.45. The Morgan fingerprint density at radius 3 is 2.44 bits per heavy atom. The zero-order valence-corrected chi connectivity index (χ0v) is 17.8. The lowest BCUT2D eigenvalue weighted by Crippen LogP contribution is -2.40. The standard InChI is InChI=1S/C23H25N5O4/c29-21(18-14-16-6-2-3-7-20(16)32-23(18)31)27-12-8-17(9-13-27)28-15-19(24-25-28)22(30)26-10-4-1-5-11-26/h2-3,6-7,14-15,17H,1,4-5,8-13H2. The third-order valence-corrected chi connectivity index (χ3v) is 6.37. The Bertz CT molecular complexity index is 1200. The average Bonchev–Trinajstić information content (AvgIpc) is 3.34. The first kappa shape index (κ1) is 20.4. The Labute approximate surface area is 184 Å². The van der Waals surface area contributed by atoms with E-state index in [-0.39, 0.29) is 23.4 Å². The summed E-state index contributed by atoms with van der Waals surface area (Å²) in [6.45, 7) is 2.53. The normalized spacial score (nSPS) is 17.6. The van der Waals surface area contributed by atoms with E-state index in [0.717, 1.165) is 37.7 Å². The number of carbonyl (C=O) groups excluding carboxylic acids is 2. The van der Waals surface area contributed by atoms with Gasteiger partial charge in [-0.15, -0.1) is 5.10 Å². The molecule has 0 radical (unpaired) electrons. The van der Waals surface area contributed by atoms with E-state index < -0.39 is 5.63 Å². The van der Waals surface area contributed by atoms with E-state index in [9.17, 15) is 14.4 Å². The fourth-order valence-electron chi connectivity index (χ4n) is 4.53. The molecule has 0 saturated carbocycles. The van der Waals surface area contributed by atoms with Crippen molar-refractivity contribution in [2.24, 2.45) is 0 Å². The van der Waals surface area contributed by atoms with Crippen LogP contribution in [-0.2, 0) is 0 Å². The van der Waals surface area contributed by atoms with Crippen LogP contribution in [0.25, 0.3) is 11.0 Å². The summed E-state index contributed by atoms with van der Waals surface area (Å²) in [4.78, 5) is 41.4. The minimum atomic E-state index is -0.618. The molecule has 0 unspecified atom stereocenters. The highest BCUT2D eigenvalue weighted by Crippen LogP contribution is 2.24. The molecule has 0 bridgehead atoms. The SMILES string of the molecule is O=C(c1cn(C2CCN(C(=O)c3cc4ccccc4oc3=O)CC2)nn1)N1CCCCC1. The molecule has 2 fully saturated rings. The zero-order valence-electron chi connectivity index (χ0n) is 17.8. The fraction of sp³-hybridized carbons (Fsp3) is 0.435. The third kappa shape index (κ3) is 3.90. The highest BCUT2D eigenvalue weighted by molar-refractivity contribution is 5.96. The van der Waals surface area contributed by atoms with Gasteiger partial charge in [0.15, 0.2) is 5.69 Å². The predicted octanol–water partition coefficient (Wildman–Crippen LogP) is 2.49. The summed E-state index contributed by atoms with van der Waals surface area (Å²) in [7, 11) is 0. The molecule has 9 heteroatoms. The molecular formula is C23H25N5O4. The molecule has 3 aromatic rings. The highest BCUT2D eigenvalue weighted by atomic mass is 16.4. The van der Waals surface area contributed by atoms with Gasteiger partial charge in [-0.1, -0.05) is 23.4 Å². The van der Waals surface area contributed by atoms with Crippen molar-refractivity contribution in [3.63, 3.8) is 0 Å². The molecule has 2 aliphatic rings. The van der Waals surface area contributed by atoms with Crippen LogP contribution in [0.2, 0.25) is 0 Å². The number of hydrogen-bond acceptors (Lipinski definition) is 6. The number of nitrogens with zero attached hydrogens (tertiary/aromatic N) is 5. The molecule has 2 aliphatic heterocycles. The van der Waals surface area contributed by atoms with Gasteiger partial charge in [-0.05, 0) is 44.2 Å². The number of piperidine rings is 2. The second-order valence-corrected chi connectivity index (χ2v) is 8.45. The maximum atomic E-state index is 13.0. The molecule has 0 aliphatic carbocycles. The van der Waals surface area contributed by atoms with Crippen molar-refractivity contribution in [2.45, 2.75) is 38.1 Å². The Hall–Kier alpha value is -3.49. The Morgan fingerprint density at radius 1 is 0.938 bits per heavy atom. The van der Waals surface area contributed by atoms with Crippen molar-refractivity contribution in [3.05, 3.63) is 58.2 Å². The number of rotatable bonds is 3. The fourth-order valence-corrected chi connectivity index (χ4v) is 4.53.